The molecule has 0 bridgehead atoms. The molecule has 2 rings (SSSR count). The highest BCUT2D eigenvalue weighted by molar-refractivity contribution is 5.85. The molecule has 1 amide bonds. The fourth-order valence-corrected chi connectivity index (χ4v) is 2.92. The van der Waals surface area contributed by atoms with Crippen LogP contribution in [0.1, 0.15) is 37.8 Å². The number of aliphatic carboxylic acids is 1. The van der Waals surface area contributed by atoms with Gasteiger partial charge in [0.25, 0.3) is 0 Å². The van der Waals surface area contributed by atoms with Gasteiger partial charge in [-0.05, 0) is 24.9 Å². The van der Waals surface area contributed by atoms with E-state index in [1.165, 1.54) is 0 Å². The molecule has 2 N–H and O–H groups in total. The van der Waals surface area contributed by atoms with Crippen molar-refractivity contribution in [3.63, 3.8) is 0 Å². The molecule has 128 valence electrons. The number of rotatable bonds is 7. The molecule has 5 nitrogen and oxygen atoms in total. The van der Waals surface area contributed by atoms with Gasteiger partial charge in [-0.3, -0.25) is 14.5 Å². The van der Waals surface area contributed by atoms with E-state index in [0.29, 0.717) is 19.5 Å². The van der Waals surface area contributed by atoms with Gasteiger partial charge >= 0.3 is 5.97 Å². The molecule has 1 aromatic rings. The highest BCUT2D eigenvalue weighted by Crippen LogP contribution is 2.19. The van der Waals surface area contributed by atoms with E-state index < -0.39 is 5.97 Å². The first-order chi connectivity index (χ1) is 10.6. The van der Waals surface area contributed by atoms with E-state index in [0.717, 1.165) is 18.4 Å². The lowest BCUT2D eigenvalue weighted by molar-refractivity contribution is -0.141. The second-order valence-corrected chi connectivity index (χ2v) is 5.88. The van der Waals surface area contributed by atoms with Crippen LogP contribution in [0.5, 0.6) is 0 Å². The summed E-state index contributed by atoms with van der Waals surface area (Å²) in [5, 5.41) is 12.1. The number of hydrogen-bond donors (Lipinski definition) is 2. The minimum absolute atomic E-state index is 0. The summed E-state index contributed by atoms with van der Waals surface area (Å²) in [5.41, 5.74) is 1.11. The third-order valence-electron chi connectivity index (χ3n) is 4.10. The third-order valence-corrected chi connectivity index (χ3v) is 4.10. The molecular weight excluding hydrogens is 316 g/mol. The van der Waals surface area contributed by atoms with Gasteiger partial charge in [0, 0.05) is 6.54 Å². The summed E-state index contributed by atoms with van der Waals surface area (Å²) in [6, 6.07) is 9.99. The topological polar surface area (TPSA) is 69.6 Å². The number of carboxylic acid groups (broad SMARTS) is 1. The molecule has 6 heteroatoms. The maximum atomic E-state index is 12.2. The summed E-state index contributed by atoms with van der Waals surface area (Å²) in [6.45, 7) is 3.51. The second kappa shape index (κ2) is 9.53. The molecule has 0 aromatic heterocycles. The van der Waals surface area contributed by atoms with Crippen molar-refractivity contribution in [3.05, 3.63) is 35.9 Å². The first-order valence-corrected chi connectivity index (χ1v) is 7.89. The van der Waals surface area contributed by atoms with E-state index in [4.69, 9.17) is 5.11 Å². The monoisotopic (exact) mass is 340 g/mol. The van der Waals surface area contributed by atoms with Crippen LogP contribution in [0.3, 0.4) is 0 Å². The molecule has 1 aliphatic heterocycles. The van der Waals surface area contributed by atoms with E-state index in [-0.39, 0.29) is 36.8 Å². The van der Waals surface area contributed by atoms with Gasteiger partial charge in [0.05, 0.1) is 18.5 Å². The van der Waals surface area contributed by atoms with Crippen molar-refractivity contribution in [2.45, 2.75) is 32.2 Å². The average Bonchev–Trinajstić information content (AvgIpc) is 2.96. The number of amides is 1. The zero-order valence-corrected chi connectivity index (χ0v) is 14.2. The molecule has 0 radical (unpaired) electrons. The van der Waals surface area contributed by atoms with Crippen LogP contribution < -0.4 is 5.32 Å². The lowest BCUT2D eigenvalue weighted by Crippen LogP contribution is -2.38. The normalized spacial score (nSPS) is 18.9. The van der Waals surface area contributed by atoms with E-state index >= 15 is 0 Å². The number of benzene rings is 1. The Hall–Kier alpha value is -1.59. The van der Waals surface area contributed by atoms with E-state index in [1.54, 1.807) is 0 Å². The molecule has 23 heavy (non-hydrogen) atoms. The van der Waals surface area contributed by atoms with Gasteiger partial charge in [0.2, 0.25) is 5.91 Å². The standard InChI is InChI=1S/C17H24N2O3.ClH/c1-2-6-15(13-7-4-3-5-8-13)18-16(20)12-19-10-9-14(11-19)17(21)22;/h3-5,7-8,14-15H,2,6,9-12H2,1H3,(H,18,20)(H,21,22);1H. The van der Waals surface area contributed by atoms with Crippen LogP contribution >= 0.6 is 12.4 Å². The quantitative estimate of drug-likeness (QED) is 0.800. The molecular formula is C17H25ClN2O3. The number of carbonyl (C=O) groups is 2. The van der Waals surface area contributed by atoms with Crippen LogP contribution in [0.25, 0.3) is 0 Å². The van der Waals surface area contributed by atoms with Crippen LogP contribution in [0.2, 0.25) is 0 Å². The fourth-order valence-electron chi connectivity index (χ4n) is 2.92. The average molecular weight is 341 g/mol. The van der Waals surface area contributed by atoms with Gasteiger partial charge in [-0.15, -0.1) is 12.4 Å². The molecule has 1 fully saturated rings. The van der Waals surface area contributed by atoms with Crippen molar-refractivity contribution in [3.8, 4) is 0 Å². The largest absolute Gasteiger partial charge is 0.481 e. The zero-order chi connectivity index (χ0) is 15.9. The number of carboxylic acids is 1. The summed E-state index contributed by atoms with van der Waals surface area (Å²) in [7, 11) is 0. The predicted molar refractivity (Wildman–Crippen MR) is 91.7 cm³/mol. The minimum Gasteiger partial charge on any atom is -0.481 e. The van der Waals surface area contributed by atoms with Crippen molar-refractivity contribution in [2.24, 2.45) is 5.92 Å². The van der Waals surface area contributed by atoms with Crippen LogP contribution in [0, 0.1) is 5.92 Å². The Bertz CT molecular complexity index is 510. The minimum atomic E-state index is -0.768. The fraction of sp³-hybridized carbons (Fsp3) is 0.529. The van der Waals surface area contributed by atoms with Gasteiger partial charge in [0.1, 0.15) is 0 Å². The summed E-state index contributed by atoms with van der Waals surface area (Å²) >= 11 is 0. The molecule has 1 heterocycles. The summed E-state index contributed by atoms with van der Waals surface area (Å²) < 4.78 is 0. The number of nitrogens with one attached hydrogen (secondary N) is 1. The SMILES string of the molecule is CCCC(NC(=O)CN1CCC(C(=O)O)C1)c1ccccc1.Cl. The van der Waals surface area contributed by atoms with Gasteiger partial charge in [0.15, 0.2) is 0 Å². The van der Waals surface area contributed by atoms with E-state index in [9.17, 15) is 9.59 Å². The maximum Gasteiger partial charge on any atom is 0.307 e. The Balaban J connectivity index is 0.00000264. The molecule has 0 aliphatic carbocycles. The first kappa shape index (κ1) is 19.5. The van der Waals surface area contributed by atoms with Gasteiger partial charge in [-0.1, -0.05) is 43.7 Å². The van der Waals surface area contributed by atoms with Crippen molar-refractivity contribution in [1.82, 2.24) is 10.2 Å². The van der Waals surface area contributed by atoms with Crippen molar-refractivity contribution < 1.29 is 14.7 Å². The number of likely N-dealkylation sites (tertiary alicyclic amines) is 1. The molecule has 1 saturated heterocycles. The van der Waals surface area contributed by atoms with Crippen molar-refractivity contribution in [2.75, 3.05) is 19.6 Å². The Morgan fingerprint density at radius 2 is 2.04 bits per heavy atom. The molecule has 1 aromatic carbocycles. The first-order valence-electron chi connectivity index (χ1n) is 7.89. The summed E-state index contributed by atoms with van der Waals surface area (Å²) in [4.78, 5) is 25.1. The van der Waals surface area contributed by atoms with Gasteiger partial charge < -0.3 is 10.4 Å². The number of nitrogens with zero attached hydrogens (tertiary/aromatic N) is 1. The molecule has 2 unspecified atom stereocenters. The summed E-state index contributed by atoms with van der Waals surface area (Å²) in [5.74, 6) is -1.14. The Morgan fingerprint density at radius 3 is 2.61 bits per heavy atom. The van der Waals surface area contributed by atoms with E-state index in [2.05, 4.69) is 12.2 Å². The van der Waals surface area contributed by atoms with Crippen LogP contribution in [-0.2, 0) is 9.59 Å². The molecule has 1 aliphatic rings. The maximum absolute atomic E-state index is 12.2. The smallest absolute Gasteiger partial charge is 0.307 e. The Labute approximate surface area is 143 Å². The van der Waals surface area contributed by atoms with E-state index in [1.807, 2.05) is 35.2 Å². The van der Waals surface area contributed by atoms with Crippen LogP contribution in [0.4, 0.5) is 0 Å². The lowest BCUT2D eigenvalue weighted by atomic mass is 10.0. The lowest BCUT2D eigenvalue weighted by Gasteiger charge is -2.21. The highest BCUT2D eigenvalue weighted by atomic mass is 35.5. The van der Waals surface area contributed by atoms with Gasteiger partial charge in [-0.25, -0.2) is 0 Å². The Morgan fingerprint density at radius 1 is 1.35 bits per heavy atom. The van der Waals surface area contributed by atoms with Crippen molar-refractivity contribution in [1.29, 1.82) is 0 Å². The van der Waals surface area contributed by atoms with Gasteiger partial charge in [-0.2, -0.15) is 0 Å². The number of hydrogen-bond acceptors (Lipinski definition) is 3. The zero-order valence-electron chi connectivity index (χ0n) is 13.4. The highest BCUT2D eigenvalue weighted by Gasteiger charge is 2.29. The van der Waals surface area contributed by atoms with Crippen molar-refractivity contribution >= 4 is 24.3 Å². The number of carbonyl (C=O) groups excluding carboxylic acids is 1. The Kier molecular flexibility index (Phi) is 8.06. The molecule has 2 atom stereocenters. The summed E-state index contributed by atoms with van der Waals surface area (Å²) in [6.07, 6.45) is 2.51. The number of halogens is 1. The molecule has 0 saturated carbocycles. The second-order valence-electron chi connectivity index (χ2n) is 5.88. The van der Waals surface area contributed by atoms with Crippen LogP contribution in [-0.4, -0.2) is 41.5 Å². The predicted octanol–water partition coefficient (Wildman–Crippen LogP) is 2.47. The molecule has 0 spiro atoms. The van der Waals surface area contributed by atoms with Crippen LogP contribution in [0.15, 0.2) is 30.3 Å². The third kappa shape index (κ3) is 5.84.